The van der Waals surface area contributed by atoms with Gasteiger partial charge in [0.1, 0.15) is 0 Å². The summed E-state index contributed by atoms with van der Waals surface area (Å²) in [5.41, 5.74) is 5.03. The molecular formula is C47H82N8O7S. The second kappa shape index (κ2) is 21.3. The van der Waals surface area contributed by atoms with Gasteiger partial charge in [-0.05, 0) is 71.3 Å². The Labute approximate surface area is 381 Å². The van der Waals surface area contributed by atoms with E-state index in [1.165, 1.54) is 0 Å². The Morgan fingerprint density at radius 2 is 1.43 bits per heavy atom. The Bertz CT molecular complexity index is 1830. The second-order valence-corrected chi connectivity index (χ2v) is 23.6. The lowest BCUT2D eigenvalue weighted by molar-refractivity contribution is -0.140. The molecular weight excluding hydrogens is 821 g/mol. The molecule has 2 saturated carbocycles. The van der Waals surface area contributed by atoms with Gasteiger partial charge in [0, 0.05) is 96.1 Å². The Morgan fingerprint density at radius 3 is 2.05 bits per heavy atom. The highest BCUT2D eigenvalue weighted by molar-refractivity contribution is 8.01. The molecule has 0 aromatic carbocycles. The summed E-state index contributed by atoms with van der Waals surface area (Å²) in [5.74, 6) is 0.0915. The Kier molecular flexibility index (Phi) is 17.7. The van der Waals surface area contributed by atoms with Crippen molar-refractivity contribution in [3.63, 3.8) is 0 Å². The van der Waals surface area contributed by atoms with Gasteiger partial charge in [0.15, 0.2) is 5.88 Å². The average Bonchev–Trinajstić information content (AvgIpc) is 3.72. The number of unbranched alkanes of at least 4 members (excludes halogenated alkanes) is 2. The van der Waals surface area contributed by atoms with Gasteiger partial charge in [0.25, 0.3) is 0 Å². The van der Waals surface area contributed by atoms with Crippen LogP contribution in [0.25, 0.3) is 0 Å². The fourth-order valence-electron chi connectivity index (χ4n) is 9.08. The first-order chi connectivity index (χ1) is 29.3. The highest BCUT2D eigenvalue weighted by Crippen LogP contribution is 2.75. The van der Waals surface area contributed by atoms with Gasteiger partial charge in [-0.25, -0.2) is 0 Å². The van der Waals surface area contributed by atoms with Gasteiger partial charge < -0.3 is 41.4 Å². The lowest BCUT2D eigenvalue weighted by atomic mass is 9.40. The van der Waals surface area contributed by atoms with Gasteiger partial charge in [-0.2, -0.15) is 0 Å². The fourth-order valence-corrected chi connectivity index (χ4v) is 10.9. The first-order valence-corrected chi connectivity index (χ1v) is 24.0. The van der Waals surface area contributed by atoms with E-state index >= 15 is 0 Å². The van der Waals surface area contributed by atoms with E-state index in [0.717, 1.165) is 50.6 Å². The Hall–Kier alpha value is -3.34. The van der Waals surface area contributed by atoms with Crippen molar-refractivity contribution in [3.05, 3.63) is 18.0 Å². The maximum atomic E-state index is 13.7. The third-order valence-electron chi connectivity index (χ3n) is 13.1. The van der Waals surface area contributed by atoms with Gasteiger partial charge in [-0.15, -0.1) is 16.9 Å². The quantitative estimate of drug-likeness (QED) is 0.0473. The summed E-state index contributed by atoms with van der Waals surface area (Å²) < 4.78 is 15.4. The van der Waals surface area contributed by atoms with Crippen LogP contribution in [0, 0.1) is 27.1 Å². The van der Waals surface area contributed by atoms with E-state index in [1.807, 2.05) is 31.6 Å². The van der Waals surface area contributed by atoms with Gasteiger partial charge in [-0.1, -0.05) is 67.0 Å². The van der Waals surface area contributed by atoms with Crippen molar-refractivity contribution in [3.8, 4) is 11.8 Å². The number of thioether (sulfide) groups is 1. The molecule has 2 aromatic rings. The topological polar surface area (TPSA) is 208 Å². The number of carbonyl (C=O) groups is 3. The van der Waals surface area contributed by atoms with E-state index in [-0.39, 0.29) is 55.9 Å². The molecule has 2 aromatic heterocycles. The summed E-state index contributed by atoms with van der Waals surface area (Å²) >= 11 is 1.64. The van der Waals surface area contributed by atoms with Gasteiger partial charge in [-0.3, -0.25) is 23.6 Å². The zero-order chi connectivity index (χ0) is 46.9. The molecule has 0 radical (unpaired) electrons. The largest absolute Gasteiger partial charge is 0.494 e. The van der Waals surface area contributed by atoms with E-state index in [2.05, 4.69) is 81.7 Å². The molecule has 7 N–H and O–H groups in total. The number of aromatic nitrogens is 4. The number of hydrogen-bond acceptors (Lipinski definition) is 11. The molecule has 2 fully saturated rings. The molecule has 2 aliphatic carbocycles. The number of nitrogens with one attached hydrogen (secondary N) is 3. The monoisotopic (exact) mass is 903 g/mol. The standard InChI is InChI=1S/C47H82N8O7S/c1-12-49-36(56)16-14-13-15-23-55-39(59)24-35(40(55)60)63-47-21-19-46(47,20-22-47)45(10,11)51-38(58)25-41(2,3)30-61-32-43(6,7)28-50-37(57)18-17-34-26-54(53-52-34)29-44(8,9)33-62-31-42(4,5)27-48/h24,26,59-60H,12-23,25,27-33,48H2,1-11H3,(H,49,56)(H,50,57)(H,51,58). The third-order valence-corrected chi connectivity index (χ3v) is 14.8. The van der Waals surface area contributed by atoms with Crippen molar-refractivity contribution in [1.82, 2.24) is 35.5 Å². The van der Waals surface area contributed by atoms with E-state index in [0.29, 0.717) is 89.7 Å². The fraction of sp³-hybridized carbons (Fsp3) is 0.809. The van der Waals surface area contributed by atoms with Crippen LogP contribution in [0.15, 0.2) is 17.2 Å². The molecule has 4 rings (SSSR count). The second-order valence-electron chi connectivity index (χ2n) is 22.2. The molecule has 0 saturated heterocycles. The van der Waals surface area contributed by atoms with Gasteiger partial charge >= 0.3 is 0 Å². The van der Waals surface area contributed by atoms with Crippen LogP contribution in [0.3, 0.4) is 0 Å². The number of fused-ring (bicyclic) bond motifs is 1. The number of aryl methyl sites for hydroxylation is 1. The lowest BCUT2D eigenvalue weighted by Crippen LogP contribution is -2.75. The van der Waals surface area contributed by atoms with Crippen molar-refractivity contribution in [2.75, 3.05) is 46.1 Å². The van der Waals surface area contributed by atoms with E-state index in [1.54, 1.807) is 22.4 Å². The number of nitrogens with zero attached hydrogens (tertiary/aromatic N) is 4. The summed E-state index contributed by atoms with van der Waals surface area (Å²) in [6, 6.07) is 1.66. The summed E-state index contributed by atoms with van der Waals surface area (Å²) in [5, 5.41) is 39.8. The smallest absolute Gasteiger partial charge is 0.221 e. The Morgan fingerprint density at radius 1 is 0.810 bits per heavy atom. The van der Waals surface area contributed by atoms with Crippen molar-refractivity contribution in [2.45, 2.75) is 175 Å². The molecule has 16 heteroatoms. The molecule has 0 bridgehead atoms. The predicted molar refractivity (Wildman–Crippen MR) is 248 cm³/mol. The lowest BCUT2D eigenvalue weighted by Gasteiger charge is -2.73. The number of aromatic hydroxyl groups is 2. The van der Waals surface area contributed by atoms with Crippen molar-refractivity contribution >= 4 is 29.5 Å². The van der Waals surface area contributed by atoms with Gasteiger partial charge in [0.05, 0.1) is 37.0 Å². The molecule has 15 nitrogen and oxygen atoms in total. The summed E-state index contributed by atoms with van der Waals surface area (Å²) in [4.78, 5) is 38.9. The first-order valence-electron chi connectivity index (χ1n) is 23.2. The minimum Gasteiger partial charge on any atom is -0.494 e. The number of nitrogens with two attached hydrogens (primary N) is 1. The molecule has 2 heterocycles. The summed E-state index contributed by atoms with van der Waals surface area (Å²) in [6.45, 7) is 27.5. The van der Waals surface area contributed by atoms with Crippen LogP contribution < -0.4 is 21.7 Å². The van der Waals surface area contributed by atoms with E-state index in [9.17, 15) is 24.6 Å². The highest BCUT2D eigenvalue weighted by Gasteiger charge is 2.72. The minimum absolute atomic E-state index is 0.0220. The van der Waals surface area contributed by atoms with Crippen LogP contribution in [0.5, 0.6) is 11.8 Å². The summed E-state index contributed by atoms with van der Waals surface area (Å²) in [7, 11) is 0. The number of amides is 3. The Balaban J connectivity index is 1.17. The molecule has 0 aliphatic heterocycles. The first kappa shape index (κ1) is 52.3. The zero-order valence-corrected chi connectivity index (χ0v) is 41.3. The molecule has 3 amide bonds. The predicted octanol–water partition coefficient (Wildman–Crippen LogP) is 6.72. The number of carbonyl (C=O) groups excluding carboxylic acids is 3. The maximum Gasteiger partial charge on any atom is 0.221 e. The third kappa shape index (κ3) is 14.3. The number of ether oxygens (including phenoxy) is 2. The van der Waals surface area contributed by atoms with Crippen LogP contribution >= 0.6 is 11.8 Å². The van der Waals surface area contributed by atoms with Crippen LogP contribution in [0.1, 0.15) is 146 Å². The van der Waals surface area contributed by atoms with Crippen LogP contribution in [0.2, 0.25) is 0 Å². The SMILES string of the molecule is CCNC(=O)CCCCCn1c(O)cc(SC23CCC2(C(C)(C)NC(=O)CC(C)(C)COCC(C)(C)CNC(=O)CCc2cn(CC(C)(C)COCC(C)(C)CN)nn2)CC3)c1O. The van der Waals surface area contributed by atoms with Crippen molar-refractivity contribution in [1.29, 1.82) is 0 Å². The van der Waals surface area contributed by atoms with Crippen LogP contribution in [-0.2, 0) is 43.4 Å². The van der Waals surface area contributed by atoms with Gasteiger partial charge in [0.2, 0.25) is 23.6 Å². The van der Waals surface area contributed by atoms with E-state index < -0.39 is 11.0 Å². The summed E-state index contributed by atoms with van der Waals surface area (Å²) in [6.07, 6.45) is 9.71. The van der Waals surface area contributed by atoms with Crippen molar-refractivity contribution < 1.29 is 34.1 Å². The zero-order valence-electron chi connectivity index (χ0n) is 40.5. The molecule has 2 aliphatic rings. The van der Waals surface area contributed by atoms with Crippen LogP contribution in [-0.4, -0.2) is 104 Å². The molecule has 0 atom stereocenters. The van der Waals surface area contributed by atoms with E-state index in [4.69, 9.17) is 15.2 Å². The maximum absolute atomic E-state index is 13.7. The van der Waals surface area contributed by atoms with Crippen molar-refractivity contribution in [2.24, 2.45) is 32.8 Å². The molecule has 0 spiro atoms. The minimum atomic E-state index is -0.486. The molecule has 0 unspecified atom stereocenters. The highest BCUT2D eigenvalue weighted by atomic mass is 32.2. The molecule has 63 heavy (non-hydrogen) atoms. The molecule has 358 valence electrons. The number of rotatable bonds is 29. The van der Waals surface area contributed by atoms with Crippen LogP contribution in [0.4, 0.5) is 0 Å². The number of hydrogen-bond donors (Lipinski definition) is 6. The average molecular weight is 903 g/mol. The normalized spacial score (nSPS) is 19.2.